The van der Waals surface area contributed by atoms with E-state index in [9.17, 15) is 18.0 Å². The SMILES string of the molecule is CC(C)n1c(=O)c2c(-c3nnn(C#N)c3C(F)(F)F)ncn2c2ccccc21. The van der Waals surface area contributed by atoms with Crippen LogP contribution in [0.15, 0.2) is 35.4 Å². The van der Waals surface area contributed by atoms with E-state index in [1.165, 1.54) is 21.5 Å². The molecule has 0 fully saturated rings. The zero-order valence-corrected chi connectivity index (χ0v) is 14.6. The molecule has 28 heavy (non-hydrogen) atoms. The zero-order valence-electron chi connectivity index (χ0n) is 14.6. The summed E-state index contributed by atoms with van der Waals surface area (Å²) in [5.74, 6) is 0. The number of rotatable bonds is 2. The molecule has 0 atom stereocenters. The van der Waals surface area contributed by atoms with Gasteiger partial charge in [0.1, 0.15) is 23.2 Å². The molecule has 0 saturated heterocycles. The predicted molar refractivity (Wildman–Crippen MR) is 92.4 cm³/mol. The van der Waals surface area contributed by atoms with E-state index in [-0.39, 0.29) is 21.9 Å². The molecule has 4 rings (SSSR count). The van der Waals surface area contributed by atoms with Crippen LogP contribution in [0.1, 0.15) is 25.6 Å². The van der Waals surface area contributed by atoms with Crippen molar-refractivity contribution >= 4 is 16.6 Å². The van der Waals surface area contributed by atoms with E-state index >= 15 is 0 Å². The number of nitriles is 1. The maximum absolute atomic E-state index is 13.5. The van der Waals surface area contributed by atoms with Crippen molar-refractivity contribution in [2.45, 2.75) is 26.1 Å². The number of nitrogens with zero attached hydrogens (tertiary/aromatic N) is 7. The van der Waals surface area contributed by atoms with Crippen LogP contribution in [-0.2, 0) is 6.18 Å². The molecule has 3 heterocycles. The van der Waals surface area contributed by atoms with Gasteiger partial charge < -0.3 is 4.57 Å². The maximum Gasteiger partial charge on any atom is 0.436 e. The molecule has 142 valence electrons. The number of imidazole rings is 1. The summed E-state index contributed by atoms with van der Waals surface area (Å²) in [4.78, 5) is 17.2. The highest BCUT2D eigenvalue weighted by atomic mass is 19.4. The van der Waals surface area contributed by atoms with Gasteiger partial charge in [0.05, 0.1) is 11.0 Å². The van der Waals surface area contributed by atoms with E-state index in [0.717, 1.165) is 0 Å². The highest BCUT2D eigenvalue weighted by molar-refractivity contribution is 5.84. The summed E-state index contributed by atoms with van der Waals surface area (Å²) in [6.45, 7) is 3.60. The first kappa shape index (κ1) is 17.7. The Morgan fingerprint density at radius 3 is 2.43 bits per heavy atom. The molecule has 0 bridgehead atoms. The van der Waals surface area contributed by atoms with E-state index in [4.69, 9.17) is 5.26 Å². The topological polar surface area (TPSA) is 93.8 Å². The summed E-state index contributed by atoms with van der Waals surface area (Å²) in [6.07, 6.45) is -2.32. The first-order valence-electron chi connectivity index (χ1n) is 8.19. The summed E-state index contributed by atoms with van der Waals surface area (Å²) in [7, 11) is 0. The number of aromatic nitrogens is 6. The van der Waals surface area contributed by atoms with Gasteiger partial charge in [0.15, 0.2) is 5.69 Å². The van der Waals surface area contributed by atoms with E-state index in [1.807, 2.05) is 0 Å². The number of hydrogen-bond acceptors (Lipinski definition) is 5. The summed E-state index contributed by atoms with van der Waals surface area (Å²) < 4.78 is 43.5. The minimum atomic E-state index is -4.90. The second-order valence-corrected chi connectivity index (χ2v) is 6.37. The molecule has 8 nitrogen and oxygen atoms in total. The Hall–Kier alpha value is -3.68. The zero-order chi connectivity index (χ0) is 20.2. The largest absolute Gasteiger partial charge is 0.436 e. The number of para-hydroxylation sites is 2. The fourth-order valence-electron chi connectivity index (χ4n) is 3.28. The molecular weight excluding hydrogens is 375 g/mol. The van der Waals surface area contributed by atoms with Crippen LogP contribution in [0.4, 0.5) is 13.2 Å². The van der Waals surface area contributed by atoms with Crippen LogP contribution in [-0.4, -0.2) is 28.9 Å². The third kappa shape index (κ3) is 2.38. The normalized spacial score (nSPS) is 12.2. The van der Waals surface area contributed by atoms with Gasteiger partial charge in [-0.3, -0.25) is 9.20 Å². The van der Waals surface area contributed by atoms with E-state index in [1.54, 1.807) is 38.1 Å². The molecule has 0 N–H and O–H groups in total. The van der Waals surface area contributed by atoms with Crippen LogP contribution in [0.3, 0.4) is 0 Å². The van der Waals surface area contributed by atoms with Gasteiger partial charge in [0.2, 0.25) is 6.19 Å². The minimum absolute atomic E-state index is 0.0668. The quantitative estimate of drug-likeness (QED) is 0.527. The van der Waals surface area contributed by atoms with Crippen molar-refractivity contribution in [2.75, 3.05) is 0 Å². The number of fused-ring (bicyclic) bond motifs is 3. The molecule has 0 radical (unpaired) electrons. The molecule has 0 amide bonds. The Kier molecular flexibility index (Phi) is 3.74. The van der Waals surface area contributed by atoms with Crippen LogP contribution >= 0.6 is 0 Å². The van der Waals surface area contributed by atoms with Crippen LogP contribution < -0.4 is 5.56 Å². The monoisotopic (exact) mass is 387 g/mol. The Morgan fingerprint density at radius 2 is 1.82 bits per heavy atom. The average molecular weight is 387 g/mol. The average Bonchev–Trinajstić information content (AvgIpc) is 3.25. The smallest absolute Gasteiger partial charge is 0.302 e. The molecule has 1 aromatic carbocycles. The Bertz CT molecular complexity index is 1320. The van der Waals surface area contributed by atoms with Gasteiger partial charge in [0, 0.05) is 6.04 Å². The van der Waals surface area contributed by atoms with Gasteiger partial charge in [-0.05, 0) is 26.0 Å². The molecule has 0 aliphatic carbocycles. The molecule has 0 unspecified atom stereocenters. The van der Waals surface area contributed by atoms with Crippen molar-refractivity contribution in [1.82, 2.24) is 28.9 Å². The van der Waals surface area contributed by atoms with Gasteiger partial charge in [0.25, 0.3) is 5.56 Å². The Morgan fingerprint density at radius 1 is 1.14 bits per heavy atom. The fraction of sp³-hybridized carbons (Fsp3) is 0.235. The van der Waals surface area contributed by atoms with E-state index in [0.29, 0.717) is 11.0 Å². The van der Waals surface area contributed by atoms with Gasteiger partial charge in [-0.15, -0.1) is 9.78 Å². The Balaban J connectivity index is 2.18. The van der Waals surface area contributed by atoms with Crippen molar-refractivity contribution in [3.05, 3.63) is 46.6 Å². The van der Waals surface area contributed by atoms with Gasteiger partial charge >= 0.3 is 6.18 Å². The van der Waals surface area contributed by atoms with E-state index in [2.05, 4.69) is 15.3 Å². The maximum atomic E-state index is 13.5. The fourth-order valence-corrected chi connectivity index (χ4v) is 3.28. The first-order valence-corrected chi connectivity index (χ1v) is 8.19. The Labute approximate surface area is 155 Å². The standard InChI is InChI=1S/C17H12F3N7O/c1-9(2)27-11-6-4-3-5-10(11)25-8-22-12(14(25)16(27)28)13-15(17(18,19)20)26(7-21)24-23-13/h3-6,8-9H,1-2H3. The molecule has 0 aliphatic rings. The van der Waals surface area contributed by atoms with Crippen molar-refractivity contribution in [1.29, 1.82) is 5.26 Å². The number of halogens is 3. The second-order valence-electron chi connectivity index (χ2n) is 6.37. The van der Waals surface area contributed by atoms with Crippen molar-refractivity contribution in [3.8, 4) is 17.6 Å². The molecule has 0 saturated carbocycles. The summed E-state index contributed by atoms with van der Waals surface area (Å²) in [5.41, 5.74) is -1.68. The highest BCUT2D eigenvalue weighted by Crippen LogP contribution is 2.36. The number of benzene rings is 1. The van der Waals surface area contributed by atoms with Gasteiger partial charge in [-0.25, -0.2) is 4.98 Å². The van der Waals surface area contributed by atoms with Crippen molar-refractivity contribution in [2.24, 2.45) is 0 Å². The van der Waals surface area contributed by atoms with Gasteiger partial charge in [-0.1, -0.05) is 17.3 Å². The van der Waals surface area contributed by atoms with Crippen molar-refractivity contribution < 1.29 is 13.2 Å². The lowest BCUT2D eigenvalue weighted by atomic mass is 10.2. The number of alkyl halides is 3. The van der Waals surface area contributed by atoms with Crippen LogP contribution in [0.2, 0.25) is 0 Å². The molecule has 0 aliphatic heterocycles. The highest BCUT2D eigenvalue weighted by Gasteiger charge is 2.41. The summed E-state index contributed by atoms with van der Waals surface area (Å²) in [5, 5.41) is 15.7. The molecule has 3 aromatic heterocycles. The van der Waals surface area contributed by atoms with E-state index < -0.39 is 23.1 Å². The predicted octanol–water partition coefficient (Wildman–Crippen LogP) is 2.84. The third-order valence-electron chi connectivity index (χ3n) is 4.36. The van der Waals surface area contributed by atoms with Gasteiger partial charge in [-0.2, -0.15) is 18.4 Å². The lowest BCUT2D eigenvalue weighted by Crippen LogP contribution is -2.24. The number of hydrogen-bond donors (Lipinski definition) is 0. The molecule has 0 spiro atoms. The van der Waals surface area contributed by atoms with Crippen LogP contribution in [0.5, 0.6) is 0 Å². The lowest BCUT2D eigenvalue weighted by molar-refractivity contribution is -0.142. The summed E-state index contributed by atoms with van der Waals surface area (Å²) >= 11 is 0. The second kappa shape index (κ2) is 5.91. The third-order valence-corrected chi connectivity index (χ3v) is 4.36. The van der Waals surface area contributed by atoms with Crippen LogP contribution in [0, 0.1) is 11.5 Å². The first-order chi connectivity index (χ1) is 13.3. The van der Waals surface area contributed by atoms with Crippen LogP contribution in [0.25, 0.3) is 27.9 Å². The molecular formula is C17H12F3N7O. The minimum Gasteiger partial charge on any atom is -0.302 e. The van der Waals surface area contributed by atoms with Crippen molar-refractivity contribution in [3.63, 3.8) is 0 Å². The molecule has 4 aromatic rings. The summed E-state index contributed by atoms with van der Waals surface area (Å²) in [6, 6.07) is 6.77. The molecule has 11 heteroatoms. The lowest BCUT2D eigenvalue weighted by Gasteiger charge is -2.15.